The first-order valence-corrected chi connectivity index (χ1v) is 8.37. The lowest BCUT2D eigenvalue weighted by Crippen LogP contribution is -2.49. The number of hydrogen-bond acceptors (Lipinski definition) is 3. The van der Waals surface area contributed by atoms with Gasteiger partial charge in [0.15, 0.2) is 0 Å². The summed E-state index contributed by atoms with van der Waals surface area (Å²) >= 11 is 3.33. The van der Waals surface area contributed by atoms with Crippen LogP contribution < -0.4 is 11.3 Å². The number of benzene rings is 1. The van der Waals surface area contributed by atoms with Crippen LogP contribution in [0.2, 0.25) is 0 Å². The maximum atomic E-state index is 13.5. The average Bonchev–Trinajstić information content (AvgIpc) is 2.47. The van der Waals surface area contributed by atoms with Gasteiger partial charge in [0, 0.05) is 11.6 Å². The van der Waals surface area contributed by atoms with E-state index in [-0.39, 0.29) is 18.0 Å². The molecule has 1 fully saturated rings. The fourth-order valence-electron chi connectivity index (χ4n) is 3.40. The molecule has 2 rings (SSSR count). The third kappa shape index (κ3) is 4.74. The Kier molecular flexibility index (Phi) is 6.61. The first kappa shape index (κ1) is 16.9. The molecule has 0 radical (unpaired) electrons. The van der Waals surface area contributed by atoms with E-state index in [4.69, 9.17) is 10.6 Å². The molecule has 1 aromatic rings. The van der Waals surface area contributed by atoms with Crippen molar-refractivity contribution in [3.8, 4) is 0 Å². The van der Waals surface area contributed by atoms with Crippen molar-refractivity contribution in [3.05, 3.63) is 34.1 Å². The van der Waals surface area contributed by atoms with Crippen LogP contribution in [0, 0.1) is 11.7 Å². The standard InChI is InChI=1S/C16H24BrFN2O/c1-21-16(12-5-3-2-4-6-12)15(20-19)9-11-7-13(17)10-14(18)8-11/h7-8,10,12,15-16,20H,2-6,9,19H2,1H3. The fraction of sp³-hybridized carbons (Fsp3) is 0.625. The molecule has 0 amide bonds. The summed E-state index contributed by atoms with van der Waals surface area (Å²) in [6.45, 7) is 0. The summed E-state index contributed by atoms with van der Waals surface area (Å²) in [4.78, 5) is 0. The first-order valence-electron chi connectivity index (χ1n) is 7.58. The normalized spacial score (nSPS) is 19.4. The lowest BCUT2D eigenvalue weighted by atomic mass is 9.81. The number of rotatable bonds is 6. The minimum Gasteiger partial charge on any atom is -0.379 e. The Hall–Kier alpha value is -0.490. The van der Waals surface area contributed by atoms with Crippen molar-refractivity contribution in [3.63, 3.8) is 0 Å². The zero-order valence-corrected chi connectivity index (χ0v) is 14.0. The minimum absolute atomic E-state index is 0.00759. The van der Waals surface area contributed by atoms with E-state index in [2.05, 4.69) is 21.4 Å². The molecule has 3 nitrogen and oxygen atoms in total. The van der Waals surface area contributed by atoms with E-state index in [1.807, 2.05) is 6.07 Å². The largest absolute Gasteiger partial charge is 0.379 e. The highest BCUT2D eigenvalue weighted by Gasteiger charge is 2.30. The van der Waals surface area contributed by atoms with Crippen molar-refractivity contribution in [2.24, 2.45) is 11.8 Å². The zero-order valence-electron chi connectivity index (χ0n) is 12.4. The van der Waals surface area contributed by atoms with Gasteiger partial charge in [-0.05, 0) is 48.9 Å². The molecule has 3 N–H and O–H groups in total. The molecule has 0 bridgehead atoms. The van der Waals surface area contributed by atoms with Gasteiger partial charge in [-0.3, -0.25) is 11.3 Å². The minimum atomic E-state index is -0.234. The molecule has 0 spiro atoms. The van der Waals surface area contributed by atoms with Crippen LogP contribution in [0.4, 0.5) is 4.39 Å². The molecule has 1 aliphatic carbocycles. The molecule has 1 aromatic carbocycles. The highest BCUT2D eigenvalue weighted by Crippen LogP contribution is 2.30. The van der Waals surface area contributed by atoms with Crippen LogP contribution in [-0.4, -0.2) is 19.3 Å². The van der Waals surface area contributed by atoms with E-state index in [1.165, 1.54) is 38.2 Å². The lowest BCUT2D eigenvalue weighted by Gasteiger charge is -2.34. The smallest absolute Gasteiger partial charge is 0.124 e. The number of nitrogens with two attached hydrogens (primary N) is 1. The Balaban J connectivity index is 2.09. The number of ether oxygens (including phenoxy) is 1. The molecule has 21 heavy (non-hydrogen) atoms. The summed E-state index contributed by atoms with van der Waals surface area (Å²) < 4.78 is 20.0. The van der Waals surface area contributed by atoms with E-state index in [0.717, 1.165) is 10.0 Å². The summed E-state index contributed by atoms with van der Waals surface area (Å²) in [5, 5.41) is 0. The van der Waals surface area contributed by atoms with Gasteiger partial charge >= 0.3 is 0 Å². The Labute approximate surface area is 134 Å². The van der Waals surface area contributed by atoms with Gasteiger partial charge in [-0.1, -0.05) is 35.2 Å². The van der Waals surface area contributed by atoms with E-state index in [1.54, 1.807) is 13.2 Å². The molecule has 2 unspecified atom stereocenters. The Morgan fingerprint density at radius 2 is 2.05 bits per heavy atom. The van der Waals surface area contributed by atoms with Crippen LogP contribution in [0.5, 0.6) is 0 Å². The maximum absolute atomic E-state index is 13.5. The maximum Gasteiger partial charge on any atom is 0.124 e. The lowest BCUT2D eigenvalue weighted by molar-refractivity contribution is 0.00825. The molecule has 118 valence electrons. The summed E-state index contributed by atoms with van der Waals surface area (Å²) in [6.07, 6.45) is 6.91. The summed E-state index contributed by atoms with van der Waals surface area (Å²) in [5.41, 5.74) is 3.79. The van der Waals surface area contributed by atoms with Crippen molar-refractivity contribution < 1.29 is 9.13 Å². The Morgan fingerprint density at radius 1 is 1.33 bits per heavy atom. The van der Waals surface area contributed by atoms with Gasteiger partial charge in [0.2, 0.25) is 0 Å². The van der Waals surface area contributed by atoms with E-state index >= 15 is 0 Å². The van der Waals surface area contributed by atoms with Gasteiger partial charge in [0.25, 0.3) is 0 Å². The second-order valence-electron chi connectivity index (χ2n) is 5.85. The predicted molar refractivity (Wildman–Crippen MR) is 86.3 cm³/mol. The van der Waals surface area contributed by atoms with Crippen LogP contribution in [-0.2, 0) is 11.2 Å². The quantitative estimate of drug-likeness (QED) is 0.603. The highest BCUT2D eigenvalue weighted by molar-refractivity contribution is 9.10. The Bertz CT molecular complexity index is 432. The molecule has 2 atom stereocenters. The van der Waals surface area contributed by atoms with Gasteiger partial charge in [-0.25, -0.2) is 4.39 Å². The van der Waals surface area contributed by atoms with Crippen molar-refractivity contribution in [2.45, 2.75) is 50.7 Å². The monoisotopic (exact) mass is 358 g/mol. The summed E-state index contributed by atoms with van der Waals surface area (Å²) in [6, 6.07) is 4.94. The summed E-state index contributed by atoms with van der Waals surface area (Å²) in [5.74, 6) is 6.04. The van der Waals surface area contributed by atoms with Crippen LogP contribution in [0.1, 0.15) is 37.7 Å². The predicted octanol–water partition coefficient (Wildman–Crippen LogP) is 3.56. The molecule has 0 heterocycles. The molecular formula is C16H24BrFN2O. The van der Waals surface area contributed by atoms with Crippen molar-refractivity contribution >= 4 is 15.9 Å². The third-order valence-corrected chi connectivity index (χ3v) is 4.83. The third-order valence-electron chi connectivity index (χ3n) is 4.38. The van der Waals surface area contributed by atoms with E-state index in [0.29, 0.717) is 12.3 Å². The SMILES string of the molecule is COC(C1CCCCC1)C(Cc1cc(F)cc(Br)c1)NN. The van der Waals surface area contributed by atoms with Gasteiger partial charge in [-0.15, -0.1) is 0 Å². The van der Waals surface area contributed by atoms with Crippen LogP contribution in [0.3, 0.4) is 0 Å². The summed E-state index contributed by atoms with van der Waals surface area (Å²) in [7, 11) is 1.74. The number of methoxy groups -OCH3 is 1. The second-order valence-corrected chi connectivity index (χ2v) is 6.77. The van der Waals surface area contributed by atoms with Crippen LogP contribution in [0.25, 0.3) is 0 Å². The van der Waals surface area contributed by atoms with Crippen molar-refractivity contribution in [1.29, 1.82) is 0 Å². The molecular weight excluding hydrogens is 335 g/mol. The van der Waals surface area contributed by atoms with Crippen molar-refractivity contribution in [2.75, 3.05) is 7.11 Å². The number of nitrogens with one attached hydrogen (secondary N) is 1. The topological polar surface area (TPSA) is 47.3 Å². The number of hydrogen-bond donors (Lipinski definition) is 2. The second kappa shape index (κ2) is 8.22. The number of halogens is 2. The van der Waals surface area contributed by atoms with Gasteiger partial charge < -0.3 is 4.74 Å². The van der Waals surface area contributed by atoms with Gasteiger partial charge in [0.05, 0.1) is 12.1 Å². The molecule has 0 aromatic heterocycles. The Morgan fingerprint density at radius 3 is 2.62 bits per heavy atom. The highest BCUT2D eigenvalue weighted by atomic mass is 79.9. The van der Waals surface area contributed by atoms with Crippen LogP contribution in [0.15, 0.2) is 22.7 Å². The molecule has 5 heteroatoms. The average molecular weight is 359 g/mol. The molecule has 1 saturated carbocycles. The zero-order chi connectivity index (χ0) is 15.2. The molecule has 1 aliphatic rings. The molecule has 0 aliphatic heterocycles. The van der Waals surface area contributed by atoms with Gasteiger partial charge in [0.1, 0.15) is 5.82 Å². The first-order chi connectivity index (χ1) is 10.1. The van der Waals surface area contributed by atoms with Gasteiger partial charge in [-0.2, -0.15) is 0 Å². The molecule has 0 saturated heterocycles. The van der Waals surface area contributed by atoms with Crippen LogP contribution >= 0.6 is 15.9 Å². The number of hydrazine groups is 1. The van der Waals surface area contributed by atoms with Crippen molar-refractivity contribution in [1.82, 2.24) is 5.43 Å². The fourth-order valence-corrected chi connectivity index (χ4v) is 3.91. The van der Waals surface area contributed by atoms with E-state index < -0.39 is 0 Å². The van der Waals surface area contributed by atoms with E-state index in [9.17, 15) is 4.39 Å².